The average Bonchev–Trinajstić information content (AvgIpc) is 4.02. The summed E-state index contributed by atoms with van der Waals surface area (Å²) in [6.07, 6.45) is 7.07. The normalized spacial score (nSPS) is 16.6. The van der Waals surface area contributed by atoms with E-state index in [9.17, 15) is 28.8 Å². The zero-order valence-electron chi connectivity index (χ0n) is 39.9. The standard InChI is InChI=1S/C48H66N14O6/c1-7-36(43-33(4)46(66)62(48(43)68)39(17-14-27-63)45(65)49-5)51-19-11-10-12-20-52-42(64)31-59-25-23-58(24-26-59)22-15-21-57(6)30-38-35-29-61(47(67)34(35)28-40(54-38)50-8-2)41-18-13-16-37(55-41)44-56-53-32-60(44)9-3/h7,13,16,18,27-28,32,39,51H,1,4,8-12,14-15,17,19-26,29-31H2,2-3,5-6H3,(H,49,65)(H,50,54)(H,52,64)/b43-36-. The second-order valence-corrected chi connectivity index (χ2v) is 17.1. The molecule has 0 radical (unpaired) electrons. The molecule has 0 aromatic carbocycles. The van der Waals surface area contributed by atoms with Crippen LogP contribution in [-0.2, 0) is 43.6 Å². The Hall–Kier alpha value is -6.64. The van der Waals surface area contributed by atoms with E-state index in [0.29, 0.717) is 86.5 Å². The Morgan fingerprint density at radius 1 is 0.956 bits per heavy atom. The first-order chi connectivity index (χ1) is 32.9. The number of amides is 5. The number of pyridine rings is 2. The number of likely N-dealkylation sites (N-methyl/N-ethyl adjacent to an activating group) is 1. The van der Waals surface area contributed by atoms with Crippen molar-refractivity contribution < 1.29 is 28.8 Å². The van der Waals surface area contributed by atoms with E-state index in [1.54, 1.807) is 11.2 Å². The van der Waals surface area contributed by atoms with Crippen LogP contribution < -0.4 is 26.2 Å². The van der Waals surface area contributed by atoms with Crippen LogP contribution in [0, 0.1) is 0 Å². The fraction of sp³-hybridized carbons (Fsp3) is 0.500. The fourth-order valence-electron chi connectivity index (χ4n) is 8.73. The van der Waals surface area contributed by atoms with Gasteiger partial charge in [0, 0.05) is 89.2 Å². The molecule has 0 bridgehead atoms. The molecule has 68 heavy (non-hydrogen) atoms. The summed E-state index contributed by atoms with van der Waals surface area (Å²) in [5.41, 5.74) is 3.46. The number of aryl methyl sites for hydroxylation is 1. The number of fused-ring (bicyclic) bond motifs is 1. The zero-order valence-corrected chi connectivity index (χ0v) is 39.9. The van der Waals surface area contributed by atoms with Gasteiger partial charge in [0.25, 0.3) is 17.7 Å². The molecule has 4 N–H and O–H groups in total. The molecule has 1 atom stereocenters. The van der Waals surface area contributed by atoms with E-state index in [1.165, 1.54) is 13.1 Å². The number of carbonyl (C=O) groups is 6. The number of nitrogens with zero attached hydrogens (tertiary/aromatic N) is 10. The van der Waals surface area contributed by atoms with E-state index in [1.807, 2.05) is 42.7 Å². The van der Waals surface area contributed by atoms with E-state index in [0.717, 1.165) is 81.1 Å². The van der Waals surface area contributed by atoms with Crippen molar-refractivity contribution in [2.24, 2.45) is 0 Å². The van der Waals surface area contributed by atoms with Crippen LogP contribution in [0.5, 0.6) is 0 Å². The van der Waals surface area contributed by atoms with E-state index in [4.69, 9.17) is 9.97 Å². The van der Waals surface area contributed by atoms with Crippen LogP contribution in [-0.4, -0.2) is 166 Å². The number of nitrogens with one attached hydrogen (secondary N) is 4. The smallest absolute Gasteiger partial charge is 0.264 e. The number of likely N-dealkylation sites (tertiary alicyclic amines) is 1. The molecule has 3 aliphatic rings. The van der Waals surface area contributed by atoms with Gasteiger partial charge < -0.3 is 40.4 Å². The van der Waals surface area contributed by atoms with Gasteiger partial charge in [0.05, 0.1) is 29.9 Å². The van der Waals surface area contributed by atoms with Crippen LogP contribution in [0.2, 0.25) is 0 Å². The predicted molar refractivity (Wildman–Crippen MR) is 258 cm³/mol. The molecule has 3 aromatic heterocycles. The fourth-order valence-corrected chi connectivity index (χ4v) is 8.73. The van der Waals surface area contributed by atoms with E-state index < -0.39 is 23.8 Å². The molecule has 0 aliphatic carbocycles. The van der Waals surface area contributed by atoms with Crippen LogP contribution in [0.25, 0.3) is 11.5 Å². The molecule has 3 aliphatic heterocycles. The van der Waals surface area contributed by atoms with Gasteiger partial charge in [-0.2, -0.15) is 0 Å². The van der Waals surface area contributed by atoms with Gasteiger partial charge in [-0.1, -0.05) is 19.2 Å². The highest BCUT2D eigenvalue weighted by molar-refractivity contribution is 6.26. The minimum atomic E-state index is -1.13. The zero-order chi connectivity index (χ0) is 48.7. The lowest BCUT2D eigenvalue weighted by Crippen LogP contribution is -2.49. The van der Waals surface area contributed by atoms with Crippen molar-refractivity contribution in [3.8, 4) is 11.5 Å². The summed E-state index contributed by atoms with van der Waals surface area (Å²) in [4.78, 5) is 95.8. The second-order valence-electron chi connectivity index (χ2n) is 17.1. The third-order valence-corrected chi connectivity index (χ3v) is 12.4. The molecular weight excluding hydrogens is 869 g/mol. The topological polar surface area (TPSA) is 223 Å². The number of aldehydes is 1. The lowest BCUT2D eigenvalue weighted by Gasteiger charge is -2.34. The molecule has 0 spiro atoms. The van der Waals surface area contributed by atoms with Crippen LogP contribution >= 0.6 is 0 Å². The predicted octanol–water partition coefficient (Wildman–Crippen LogP) is 2.12. The molecule has 2 saturated heterocycles. The van der Waals surface area contributed by atoms with Gasteiger partial charge in [0.15, 0.2) is 5.82 Å². The molecule has 5 amide bonds. The Labute approximate surface area is 398 Å². The van der Waals surface area contributed by atoms with Crippen molar-refractivity contribution in [2.45, 2.75) is 78.0 Å². The van der Waals surface area contributed by atoms with Crippen molar-refractivity contribution in [3.05, 3.63) is 83.5 Å². The number of anilines is 2. The number of aromatic nitrogens is 5. The summed E-state index contributed by atoms with van der Waals surface area (Å²) in [5.74, 6) is -0.0859. The molecule has 3 aromatic rings. The van der Waals surface area contributed by atoms with E-state index in [2.05, 4.69) is 66.4 Å². The first-order valence-corrected chi connectivity index (χ1v) is 23.6. The molecule has 6 heterocycles. The molecule has 20 nitrogen and oxygen atoms in total. The first-order valence-electron chi connectivity index (χ1n) is 23.6. The number of imide groups is 1. The first kappa shape index (κ1) is 50.8. The molecule has 1 unspecified atom stereocenters. The largest absolute Gasteiger partial charge is 0.384 e. The van der Waals surface area contributed by atoms with Gasteiger partial charge >= 0.3 is 0 Å². The van der Waals surface area contributed by atoms with E-state index >= 15 is 0 Å². The Kier molecular flexibility index (Phi) is 18.2. The summed E-state index contributed by atoms with van der Waals surface area (Å²) in [7, 11) is 3.49. The van der Waals surface area contributed by atoms with Gasteiger partial charge in [-0.15, -0.1) is 10.2 Å². The minimum absolute atomic E-state index is 0.00194. The molecule has 6 rings (SSSR count). The lowest BCUT2D eigenvalue weighted by molar-refractivity contribution is -0.145. The maximum atomic E-state index is 13.9. The van der Waals surface area contributed by atoms with Gasteiger partial charge in [0.1, 0.15) is 36.0 Å². The maximum absolute atomic E-state index is 13.9. The quantitative estimate of drug-likeness (QED) is 0.0392. The van der Waals surface area contributed by atoms with Gasteiger partial charge in [-0.3, -0.25) is 38.7 Å². The third kappa shape index (κ3) is 12.3. The number of rotatable bonds is 26. The van der Waals surface area contributed by atoms with Crippen LogP contribution in [0.4, 0.5) is 11.6 Å². The van der Waals surface area contributed by atoms with Crippen LogP contribution in [0.3, 0.4) is 0 Å². The summed E-state index contributed by atoms with van der Waals surface area (Å²) in [6, 6.07) is 6.34. The number of hydrogen-bond acceptors (Lipinski definition) is 15. The minimum Gasteiger partial charge on any atom is -0.384 e. The highest BCUT2D eigenvalue weighted by atomic mass is 16.2. The highest BCUT2D eigenvalue weighted by Crippen LogP contribution is 2.33. The molecular formula is C48H66N14O6. The molecule has 2 fully saturated rings. The number of carbonyl (C=O) groups excluding carboxylic acids is 6. The Morgan fingerprint density at radius 3 is 2.41 bits per heavy atom. The summed E-state index contributed by atoms with van der Waals surface area (Å²) in [5, 5.41) is 20.3. The Morgan fingerprint density at radius 2 is 1.71 bits per heavy atom. The summed E-state index contributed by atoms with van der Waals surface area (Å²) >= 11 is 0. The van der Waals surface area contributed by atoms with E-state index in [-0.39, 0.29) is 35.8 Å². The molecule has 364 valence electrons. The van der Waals surface area contributed by atoms with Crippen LogP contribution in [0.1, 0.15) is 74.0 Å². The summed E-state index contributed by atoms with van der Waals surface area (Å²) < 4.78 is 1.92. The van der Waals surface area contributed by atoms with Crippen molar-refractivity contribution in [3.63, 3.8) is 0 Å². The van der Waals surface area contributed by atoms with Crippen LogP contribution in [0.15, 0.2) is 66.7 Å². The number of hydrogen-bond donors (Lipinski definition) is 4. The highest BCUT2D eigenvalue weighted by Gasteiger charge is 2.45. The third-order valence-electron chi connectivity index (χ3n) is 12.4. The summed E-state index contributed by atoms with van der Waals surface area (Å²) in [6.45, 7) is 20.6. The monoisotopic (exact) mass is 935 g/mol. The maximum Gasteiger partial charge on any atom is 0.264 e. The lowest BCUT2D eigenvalue weighted by atomic mass is 10.1. The van der Waals surface area contributed by atoms with Crippen molar-refractivity contribution in [2.75, 3.05) is 89.8 Å². The Bertz CT molecular complexity index is 2370. The number of allylic oxidation sites excluding steroid dienone is 1. The van der Waals surface area contributed by atoms with Gasteiger partial charge in [0.2, 0.25) is 11.8 Å². The molecule has 20 heteroatoms. The number of piperazine rings is 1. The van der Waals surface area contributed by atoms with Crippen molar-refractivity contribution >= 4 is 47.5 Å². The van der Waals surface area contributed by atoms with Crippen molar-refractivity contribution in [1.29, 1.82) is 0 Å². The van der Waals surface area contributed by atoms with Crippen molar-refractivity contribution in [1.82, 2.24) is 60.3 Å². The average molecular weight is 935 g/mol. The Balaban J connectivity index is 0.881. The second kappa shape index (κ2) is 24.4. The van der Waals surface area contributed by atoms with Gasteiger partial charge in [-0.05, 0) is 90.4 Å². The SMILES string of the molecule is C=C/C(NCCCCCNC(=O)CN1CCN(CCCN(C)Cc2nc(NCC)cc3c2CN(c2cccc(-c4nncn4CC)n2)C3=O)CC1)=C1\C(=C)C(=O)N(C(CCC=O)C(=O)NC)C1=O. The molecule has 0 saturated carbocycles. The number of unbranched alkanes of at least 4 members (excludes halogenated alkanes) is 2. The van der Waals surface area contributed by atoms with Gasteiger partial charge in [-0.25, -0.2) is 9.97 Å².